The summed E-state index contributed by atoms with van der Waals surface area (Å²) in [7, 11) is 0. The molecule has 0 aromatic heterocycles. The van der Waals surface area contributed by atoms with E-state index in [0.29, 0.717) is 24.5 Å². The topological polar surface area (TPSA) is 75.7 Å². The summed E-state index contributed by atoms with van der Waals surface area (Å²) in [6, 6.07) is 31.0. The lowest BCUT2D eigenvalue weighted by atomic mass is 9.97. The summed E-state index contributed by atoms with van der Waals surface area (Å²) in [6.07, 6.45) is 2.14. The first-order valence-corrected chi connectivity index (χ1v) is 12.8. The van der Waals surface area contributed by atoms with E-state index in [4.69, 9.17) is 4.74 Å². The largest absolute Gasteiger partial charge is 0.489 e. The summed E-state index contributed by atoms with van der Waals surface area (Å²) in [5.41, 5.74) is 3.98. The van der Waals surface area contributed by atoms with Gasteiger partial charge in [0.25, 0.3) is 11.8 Å². The molecule has 0 spiro atoms. The third-order valence-corrected chi connectivity index (χ3v) is 6.91. The number of hydrogen-bond donors (Lipinski definition) is 1. The molecule has 1 fully saturated rings. The van der Waals surface area contributed by atoms with E-state index in [2.05, 4.69) is 21.2 Å². The Morgan fingerprint density at radius 2 is 1.42 bits per heavy atom. The fourth-order valence-corrected chi connectivity index (χ4v) is 4.59. The quantitative estimate of drug-likeness (QED) is 0.211. The number of amides is 4. The van der Waals surface area contributed by atoms with Crippen LogP contribution in [-0.2, 0) is 22.6 Å². The second-order valence-corrected chi connectivity index (χ2v) is 9.55. The zero-order valence-corrected chi connectivity index (χ0v) is 21.9. The van der Waals surface area contributed by atoms with Crippen molar-refractivity contribution in [3.63, 3.8) is 0 Å². The van der Waals surface area contributed by atoms with Crippen molar-refractivity contribution in [3.05, 3.63) is 135 Å². The van der Waals surface area contributed by atoms with Gasteiger partial charge in [0.2, 0.25) is 0 Å². The second kappa shape index (κ2) is 11.3. The third-order valence-electron chi connectivity index (χ3n) is 6.14. The molecule has 6 nitrogen and oxygen atoms in total. The van der Waals surface area contributed by atoms with Gasteiger partial charge < -0.3 is 4.74 Å². The Morgan fingerprint density at radius 1 is 0.763 bits per heavy atom. The fourth-order valence-electron chi connectivity index (χ4n) is 4.16. The van der Waals surface area contributed by atoms with E-state index in [9.17, 15) is 14.4 Å². The molecule has 4 amide bonds. The number of ether oxygens (including phenoxy) is 1. The normalized spacial score (nSPS) is 14.5. The van der Waals surface area contributed by atoms with Crippen LogP contribution in [0.1, 0.15) is 22.3 Å². The van der Waals surface area contributed by atoms with Crippen molar-refractivity contribution in [3.8, 4) is 5.75 Å². The van der Waals surface area contributed by atoms with E-state index < -0.39 is 17.8 Å². The van der Waals surface area contributed by atoms with Gasteiger partial charge in [0.1, 0.15) is 17.9 Å². The minimum atomic E-state index is -0.795. The van der Waals surface area contributed by atoms with Crippen molar-refractivity contribution < 1.29 is 19.1 Å². The molecule has 0 unspecified atom stereocenters. The third kappa shape index (κ3) is 5.58. The molecule has 0 radical (unpaired) electrons. The van der Waals surface area contributed by atoms with E-state index in [-0.39, 0.29) is 5.57 Å². The molecule has 5 rings (SSSR count). The number of nitrogens with zero attached hydrogens (tertiary/aromatic N) is 1. The van der Waals surface area contributed by atoms with Gasteiger partial charge in [-0.05, 0) is 65.1 Å². The van der Waals surface area contributed by atoms with Gasteiger partial charge in [0.15, 0.2) is 0 Å². The number of urea groups is 1. The predicted octanol–water partition coefficient (Wildman–Crippen LogP) is 6.29. The zero-order chi connectivity index (χ0) is 26.5. The van der Waals surface area contributed by atoms with E-state index in [0.717, 1.165) is 31.6 Å². The Hall–Kier alpha value is -4.49. The van der Waals surface area contributed by atoms with Gasteiger partial charge in [-0.25, -0.2) is 9.69 Å². The fraction of sp³-hybridized carbons (Fsp3) is 0.0645. The number of rotatable bonds is 7. The van der Waals surface area contributed by atoms with Crippen LogP contribution in [0.15, 0.2) is 113 Å². The molecule has 188 valence electrons. The van der Waals surface area contributed by atoms with Crippen LogP contribution < -0.4 is 15.0 Å². The lowest BCUT2D eigenvalue weighted by molar-refractivity contribution is -0.122. The van der Waals surface area contributed by atoms with Crippen LogP contribution in [0.5, 0.6) is 5.75 Å². The number of barbiturate groups is 1. The number of anilines is 1. The zero-order valence-electron chi connectivity index (χ0n) is 20.3. The average molecular weight is 567 g/mol. The highest BCUT2D eigenvalue weighted by Gasteiger charge is 2.37. The van der Waals surface area contributed by atoms with Gasteiger partial charge in [0.05, 0.1) is 5.69 Å². The van der Waals surface area contributed by atoms with Gasteiger partial charge in [-0.15, -0.1) is 0 Å². The second-order valence-electron chi connectivity index (χ2n) is 8.69. The molecule has 1 N–H and O–H groups in total. The number of carbonyl (C=O) groups is 3. The molecule has 4 aromatic rings. The van der Waals surface area contributed by atoms with Crippen LogP contribution in [0.2, 0.25) is 0 Å². The van der Waals surface area contributed by atoms with Crippen molar-refractivity contribution in [1.29, 1.82) is 0 Å². The molecular weight excluding hydrogens is 544 g/mol. The van der Waals surface area contributed by atoms with Gasteiger partial charge in [0, 0.05) is 4.47 Å². The summed E-state index contributed by atoms with van der Waals surface area (Å²) in [5, 5.41) is 2.29. The Labute approximate surface area is 228 Å². The lowest BCUT2D eigenvalue weighted by Gasteiger charge is -2.26. The molecule has 0 saturated carbocycles. The maximum absolute atomic E-state index is 13.4. The van der Waals surface area contributed by atoms with Gasteiger partial charge in [-0.3, -0.25) is 14.9 Å². The number of hydrogen-bond acceptors (Lipinski definition) is 4. The Morgan fingerprint density at radius 3 is 2.16 bits per heavy atom. The Kier molecular flexibility index (Phi) is 7.47. The highest BCUT2D eigenvalue weighted by molar-refractivity contribution is 9.10. The molecule has 1 heterocycles. The summed E-state index contributed by atoms with van der Waals surface area (Å²) in [4.78, 5) is 39.8. The number of benzene rings is 4. The molecule has 1 aliphatic heterocycles. The number of carbonyl (C=O) groups excluding carboxylic acids is 3. The van der Waals surface area contributed by atoms with Crippen molar-refractivity contribution in [2.75, 3.05) is 4.90 Å². The minimum Gasteiger partial charge on any atom is -0.489 e. The van der Waals surface area contributed by atoms with Crippen molar-refractivity contribution >= 4 is 45.5 Å². The molecule has 4 aromatic carbocycles. The first kappa shape index (κ1) is 25.2. The summed E-state index contributed by atoms with van der Waals surface area (Å²) < 4.78 is 6.78. The van der Waals surface area contributed by atoms with Crippen molar-refractivity contribution in [1.82, 2.24) is 5.32 Å². The molecule has 1 saturated heterocycles. The molecule has 38 heavy (non-hydrogen) atoms. The van der Waals surface area contributed by atoms with Gasteiger partial charge in [-0.1, -0.05) is 88.7 Å². The Balaban J connectivity index is 1.38. The van der Waals surface area contributed by atoms with E-state index in [1.54, 1.807) is 30.3 Å². The van der Waals surface area contributed by atoms with Crippen LogP contribution in [0.3, 0.4) is 0 Å². The molecule has 7 heteroatoms. The highest BCUT2D eigenvalue weighted by Crippen LogP contribution is 2.27. The van der Waals surface area contributed by atoms with Gasteiger partial charge in [-0.2, -0.15) is 0 Å². The monoisotopic (exact) mass is 566 g/mol. The molecule has 1 aliphatic rings. The number of nitrogens with one attached hydrogen (secondary N) is 1. The average Bonchev–Trinajstić information content (AvgIpc) is 2.93. The summed E-state index contributed by atoms with van der Waals surface area (Å²) in [5.74, 6) is -0.822. The Bertz CT molecular complexity index is 1530. The molecule has 0 aliphatic carbocycles. The van der Waals surface area contributed by atoms with E-state index in [1.807, 2.05) is 78.9 Å². The molecule has 0 atom stereocenters. The van der Waals surface area contributed by atoms with Crippen molar-refractivity contribution in [2.45, 2.75) is 13.0 Å². The van der Waals surface area contributed by atoms with E-state index in [1.165, 1.54) is 0 Å². The molecular formula is C31H23BrN2O4. The summed E-state index contributed by atoms with van der Waals surface area (Å²) >= 11 is 3.58. The first-order valence-electron chi connectivity index (χ1n) is 12.0. The number of halogens is 1. The SMILES string of the molecule is O=C1NC(=O)N(c2ccc(OCc3ccccc3)cc2)C(=O)/C1=C/c1ccccc1Cc1ccccc1Br. The van der Waals surface area contributed by atoms with Crippen LogP contribution in [0.4, 0.5) is 10.5 Å². The van der Waals surface area contributed by atoms with E-state index >= 15 is 0 Å². The van der Waals surface area contributed by atoms with Crippen LogP contribution >= 0.6 is 15.9 Å². The first-order chi connectivity index (χ1) is 18.5. The van der Waals surface area contributed by atoms with Crippen molar-refractivity contribution in [2.24, 2.45) is 0 Å². The highest BCUT2D eigenvalue weighted by atomic mass is 79.9. The maximum atomic E-state index is 13.4. The lowest BCUT2D eigenvalue weighted by Crippen LogP contribution is -2.54. The van der Waals surface area contributed by atoms with Crippen LogP contribution in [-0.4, -0.2) is 17.8 Å². The molecule has 0 bridgehead atoms. The number of imide groups is 2. The van der Waals surface area contributed by atoms with Crippen LogP contribution in [0.25, 0.3) is 6.08 Å². The van der Waals surface area contributed by atoms with Crippen LogP contribution in [0, 0.1) is 0 Å². The summed E-state index contributed by atoms with van der Waals surface area (Å²) in [6.45, 7) is 0.393. The standard InChI is InChI=1S/C31H23BrN2O4/c32-28-13-7-6-12-24(28)18-22-10-4-5-11-23(22)19-27-29(35)33-31(37)34(30(27)36)25-14-16-26(17-15-25)38-20-21-8-2-1-3-9-21/h1-17,19H,18,20H2,(H,33,35,37)/b27-19+. The predicted molar refractivity (Wildman–Crippen MR) is 150 cm³/mol. The van der Waals surface area contributed by atoms with Gasteiger partial charge >= 0.3 is 6.03 Å². The maximum Gasteiger partial charge on any atom is 0.335 e. The smallest absolute Gasteiger partial charge is 0.335 e. The minimum absolute atomic E-state index is 0.117.